The Balaban J connectivity index is 1.56. The van der Waals surface area contributed by atoms with Crippen LogP contribution in [0.3, 0.4) is 0 Å². The number of hydrogen-bond donors (Lipinski definition) is 1. The van der Waals surface area contributed by atoms with E-state index in [-0.39, 0.29) is 29.1 Å². The van der Waals surface area contributed by atoms with Gasteiger partial charge in [-0.1, -0.05) is 50.4 Å². The van der Waals surface area contributed by atoms with Crippen molar-refractivity contribution >= 4 is 23.4 Å². The van der Waals surface area contributed by atoms with Crippen LogP contribution >= 0.6 is 11.6 Å². The molecule has 0 bridgehead atoms. The van der Waals surface area contributed by atoms with Gasteiger partial charge in [-0.15, -0.1) is 0 Å². The lowest BCUT2D eigenvalue weighted by Crippen LogP contribution is -2.46. The SMILES string of the molecule is CC(C)C(=O)N1CCC(C(=O)NCC2(c3ccc(Cl)cc3)CCCC2)CC1. The summed E-state index contributed by atoms with van der Waals surface area (Å²) in [5, 5.41) is 3.99. The minimum atomic E-state index is 0.0184. The van der Waals surface area contributed by atoms with Crippen molar-refractivity contribution in [2.24, 2.45) is 11.8 Å². The monoisotopic (exact) mass is 390 g/mol. The molecule has 4 nitrogen and oxygen atoms in total. The van der Waals surface area contributed by atoms with E-state index in [4.69, 9.17) is 11.6 Å². The molecule has 1 saturated heterocycles. The summed E-state index contributed by atoms with van der Waals surface area (Å²) < 4.78 is 0. The molecule has 0 spiro atoms. The summed E-state index contributed by atoms with van der Waals surface area (Å²) in [5.74, 6) is 0.384. The zero-order chi connectivity index (χ0) is 19.4. The zero-order valence-electron chi connectivity index (χ0n) is 16.5. The predicted octanol–water partition coefficient (Wildman–Crippen LogP) is 4.16. The Morgan fingerprint density at radius 1 is 1.15 bits per heavy atom. The first-order valence-corrected chi connectivity index (χ1v) is 10.6. The molecular weight excluding hydrogens is 360 g/mol. The molecule has 27 heavy (non-hydrogen) atoms. The third-order valence-electron chi connectivity index (χ3n) is 6.29. The van der Waals surface area contributed by atoms with Crippen LogP contribution in [0.2, 0.25) is 5.02 Å². The van der Waals surface area contributed by atoms with E-state index < -0.39 is 0 Å². The first kappa shape index (κ1) is 20.2. The second kappa shape index (κ2) is 8.64. The van der Waals surface area contributed by atoms with Crippen LogP contribution in [-0.2, 0) is 15.0 Å². The molecule has 1 saturated carbocycles. The van der Waals surface area contributed by atoms with Crippen LogP contribution in [0.25, 0.3) is 0 Å². The van der Waals surface area contributed by atoms with Crippen molar-refractivity contribution in [3.63, 3.8) is 0 Å². The van der Waals surface area contributed by atoms with Gasteiger partial charge in [0.25, 0.3) is 0 Å². The van der Waals surface area contributed by atoms with E-state index in [1.165, 1.54) is 18.4 Å². The molecule has 0 aromatic heterocycles. The van der Waals surface area contributed by atoms with Gasteiger partial charge >= 0.3 is 0 Å². The standard InChI is InChI=1S/C22H31ClN2O2/c1-16(2)21(27)25-13-9-17(10-14-25)20(26)24-15-22(11-3-4-12-22)18-5-7-19(23)8-6-18/h5-8,16-17H,3-4,9-15H2,1-2H3,(H,24,26). The average molecular weight is 391 g/mol. The Morgan fingerprint density at radius 3 is 2.30 bits per heavy atom. The van der Waals surface area contributed by atoms with E-state index in [0.29, 0.717) is 19.6 Å². The first-order chi connectivity index (χ1) is 12.9. The summed E-state index contributed by atoms with van der Waals surface area (Å²) >= 11 is 6.05. The molecule has 1 aliphatic carbocycles. The highest BCUT2D eigenvalue weighted by Gasteiger charge is 2.37. The van der Waals surface area contributed by atoms with E-state index in [9.17, 15) is 9.59 Å². The maximum atomic E-state index is 12.8. The Kier molecular flexibility index (Phi) is 6.46. The summed E-state index contributed by atoms with van der Waals surface area (Å²) in [6.45, 7) is 5.94. The lowest BCUT2D eigenvalue weighted by Gasteiger charge is -2.34. The van der Waals surface area contributed by atoms with E-state index in [0.717, 1.165) is 30.7 Å². The summed E-state index contributed by atoms with van der Waals surface area (Å²) in [4.78, 5) is 26.8. The van der Waals surface area contributed by atoms with Crippen molar-refractivity contribution in [2.45, 2.75) is 57.8 Å². The maximum Gasteiger partial charge on any atom is 0.225 e. The molecule has 5 heteroatoms. The number of benzene rings is 1. The number of likely N-dealkylation sites (tertiary alicyclic amines) is 1. The van der Waals surface area contributed by atoms with Gasteiger partial charge in [-0.2, -0.15) is 0 Å². The van der Waals surface area contributed by atoms with Gasteiger partial charge in [0, 0.05) is 41.9 Å². The van der Waals surface area contributed by atoms with Crippen LogP contribution in [-0.4, -0.2) is 36.3 Å². The third kappa shape index (κ3) is 4.66. The van der Waals surface area contributed by atoms with Crippen molar-refractivity contribution in [1.82, 2.24) is 10.2 Å². The van der Waals surface area contributed by atoms with Crippen LogP contribution < -0.4 is 5.32 Å². The van der Waals surface area contributed by atoms with E-state index in [2.05, 4.69) is 17.4 Å². The van der Waals surface area contributed by atoms with Crippen LogP contribution in [0.1, 0.15) is 57.9 Å². The summed E-state index contributed by atoms with van der Waals surface area (Å²) in [7, 11) is 0. The number of nitrogens with zero attached hydrogens (tertiary/aromatic N) is 1. The third-order valence-corrected chi connectivity index (χ3v) is 6.54. The lowest BCUT2D eigenvalue weighted by molar-refractivity contribution is -0.138. The molecule has 2 amide bonds. The summed E-state index contributed by atoms with van der Waals surface area (Å²) in [6.07, 6.45) is 6.14. The highest BCUT2D eigenvalue weighted by atomic mass is 35.5. The molecule has 1 aromatic carbocycles. The molecule has 2 aliphatic rings. The molecule has 1 aromatic rings. The lowest BCUT2D eigenvalue weighted by atomic mass is 9.78. The molecule has 148 valence electrons. The van der Waals surface area contributed by atoms with Crippen LogP contribution in [0.5, 0.6) is 0 Å². The van der Waals surface area contributed by atoms with Gasteiger partial charge < -0.3 is 10.2 Å². The minimum Gasteiger partial charge on any atom is -0.355 e. The second-order valence-electron chi connectivity index (χ2n) is 8.47. The van der Waals surface area contributed by atoms with Gasteiger partial charge in [0.05, 0.1) is 0 Å². The van der Waals surface area contributed by atoms with Gasteiger partial charge in [-0.25, -0.2) is 0 Å². The molecular formula is C22H31ClN2O2. The van der Waals surface area contributed by atoms with Crippen molar-refractivity contribution < 1.29 is 9.59 Å². The molecule has 1 N–H and O–H groups in total. The molecule has 0 atom stereocenters. The van der Waals surface area contributed by atoms with Crippen molar-refractivity contribution in [3.05, 3.63) is 34.9 Å². The number of nitrogens with one attached hydrogen (secondary N) is 1. The average Bonchev–Trinajstić information content (AvgIpc) is 3.16. The summed E-state index contributed by atoms with van der Waals surface area (Å²) in [6, 6.07) is 8.10. The highest BCUT2D eigenvalue weighted by molar-refractivity contribution is 6.30. The maximum absolute atomic E-state index is 12.8. The van der Waals surface area contributed by atoms with Gasteiger partial charge in [-0.3, -0.25) is 9.59 Å². The number of carbonyl (C=O) groups is 2. The predicted molar refractivity (Wildman–Crippen MR) is 109 cm³/mol. The number of halogens is 1. The van der Waals surface area contributed by atoms with Crippen molar-refractivity contribution in [1.29, 1.82) is 0 Å². The molecule has 3 rings (SSSR count). The molecule has 2 fully saturated rings. The van der Waals surface area contributed by atoms with E-state index in [1.807, 2.05) is 30.9 Å². The molecule has 0 unspecified atom stereocenters. The number of amides is 2. The van der Waals surface area contributed by atoms with Gasteiger partial charge in [0.1, 0.15) is 0 Å². The van der Waals surface area contributed by atoms with Crippen LogP contribution in [0.15, 0.2) is 24.3 Å². The molecule has 0 radical (unpaired) electrons. The number of piperidine rings is 1. The largest absolute Gasteiger partial charge is 0.355 e. The van der Waals surface area contributed by atoms with Gasteiger partial charge in [-0.05, 0) is 43.4 Å². The number of carbonyl (C=O) groups excluding carboxylic acids is 2. The van der Waals surface area contributed by atoms with E-state index in [1.54, 1.807) is 0 Å². The van der Waals surface area contributed by atoms with Crippen molar-refractivity contribution in [3.8, 4) is 0 Å². The fourth-order valence-electron chi connectivity index (χ4n) is 4.55. The fourth-order valence-corrected chi connectivity index (χ4v) is 4.68. The highest BCUT2D eigenvalue weighted by Crippen LogP contribution is 2.41. The summed E-state index contributed by atoms with van der Waals surface area (Å²) in [5.41, 5.74) is 1.32. The first-order valence-electron chi connectivity index (χ1n) is 10.2. The Bertz CT molecular complexity index is 657. The van der Waals surface area contributed by atoms with Gasteiger partial charge in [0.2, 0.25) is 11.8 Å². The van der Waals surface area contributed by atoms with Crippen LogP contribution in [0.4, 0.5) is 0 Å². The molecule has 1 heterocycles. The Labute approximate surface area is 167 Å². The second-order valence-corrected chi connectivity index (χ2v) is 8.90. The number of hydrogen-bond acceptors (Lipinski definition) is 2. The topological polar surface area (TPSA) is 49.4 Å². The molecule has 1 aliphatic heterocycles. The van der Waals surface area contributed by atoms with Crippen LogP contribution in [0, 0.1) is 11.8 Å². The Hall–Kier alpha value is -1.55. The minimum absolute atomic E-state index is 0.0184. The van der Waals surface area contributed by atoms with Crippen molar-refractivity contribution in [2.75, 3.05) is 19.6 Å². The van der Waals surface area contributed by atoms with Gasteiger partial charge in [0.15, 0.2) is 0 Å². The fraction of sp³-hybridized carbons (Fsp3) is 0.636. The zero-order valence-corrected chi connectivity index (χ0v) is 17.2. The normalized spacial score (nSPS) is 20.1. The number of rotatable bonds is 5. The smallest absolute Gasteiger partial charge is 0.225 e. The Morgan fingerprint density at radius 2 is 1.74 bits per heavy atom. The van der Waals surface area contributed by atoms with E-state index >= 15 is 0 Å². The quantitative estimate of drug-likeness (QED) is 0.820.